The van der Waals surface area contributed by atoms with Crippen LogP contribution in [-0.4, -0.2) is 56.2 Å². The Morgan fingerprint density at radius 2 is 2.00 bits per heavy atom. The lowest BCUT2D eigenvalue weighted by Gasteiger charge is -2.19. The first-order valence-corrected chi connectivity index (χ1v) is 6.58. The van der Waals surface area contributed by atoms with Crippen molar-refractivity contribution in [1.82, 2.24) is 14.2 Å². The van der Waals surface area contributed by atoms with Crippen LogP contribution in [-0.2, 0) is 14.8 Å². The van der Waals surface area contributed by atoms with Crippen molar-refractivity contribution in [3.63, 3.8) is 0 Å². The van der Waals surface area contributed by atoms with Gasteiger partial charge in [-0.2, -0.15) is 4.31 Å². The smallest absolute Gasteiger partial charge is 0.246 e. The summed E-state index contributed by atoms with van der Waals surface area (Å²) in [5, 5.41) is 0. The average molecular weight is 272 g/mol. The fourth-order valence-electron chi connectivity index (χ4n) is 1.21. The van der Waals surface area contributed by atoms with E-state index in [2.05, 4.69) is 4.98 Å². The van der Waals surface area contributed by atoms with Gasteiger partial charge < -0.3 is 10.6 Å². The van der Waals surface area contributed by atoms with Gasteiger partial charge in [0, 0.05) is 27.3 Å². The lowest BCUT2D eigenvalue weighted by atomic mass is 10.5. The van der Waals surface area contributed by atoms with Gasteiger partial charge in [0.25, 0.3) is 0 Å². The number of amides is 1. The number of sulfonamides is 1. The molecule has 0 radical (unpaired) electrons. The summed E-state index contributed by atoms with van der Waals surface area (Å²) >= 11 is 0. The number of nitrogens with zero attached hydrogens (tertiary/aromatic N) is 3. The average Bonchev–Trinajstić information content (AvgIpc) is 2.28. The monoisotopic (exact) mass is 272 g/mol. The van der Waals surface area contributed by atoms with Crippen LogP contribution in [0.3, 0.4) is 0 Å². The van der Waals surface area contributed by atoms with Crippen LogP contribution >= 0.6 is 0 Å². The van der Waals surface area contributed by atoms with Gasteiger partial charge in [-0.25, -0.2) is 13.4 Å². The van der Waals surface area contributed by atoms with Crippen LogP contribution in [0.1, 0.15) is 0 Å². The summed E-state index contributed by atoms with van der Waals surface area (Å²) in [6, 6.07) is 2.83. The van der Waals surface area contributed by atoms with E-state index in [1.54, 1.807) is 14.1 Å². The Morgan fingerprint density at radius 3 is 2.50 bits per heavy atom. The minimum absolute atomic E-state index is 0.0818. The lowest BCUT2D eigenvalue weighted by Crippen LogP contribution is -2.38. The normalized spacial score (nSPS) is 11.6. The Bertz CT molecular complexity index is 542. The number of nitrogens with two attached hydrogens (primary N) is 1. The molecular formula is C10H16N4O3S. The van der Waals surface area contributed by atoms with Gasteiger partial charge in [-0.05, 0) is 12.1 Å². The minimum atomic E-state index is -3.80. The van der Waals surface area contributed by atoms with Crippen LogP contribution in [0.5, 0.6) is 0 Å². The van der Waals surface area contributed by atoms with Crippen molar-refractivity contribution in [3.05, 3.63) is 18.3 Å². The van der Waals surface area contributed by atoms with Crippen LogP contribution in [0.15, 0.2) is 23.2 Å². The third-order valence-corrected chi connectivity index (χ3v) is 4.20. The van der Waals surface area contributed by atoms with Crippen LogP contribution in [0.4, 0.5) is 5.82 Å². The summed E-state index contributed by atoms with van der Waals surface area (Å²) < 4.78 is 25.2. The maximum Gasteiger partial charge on any atom is 0.246 e. The summed E-state index contributed by atoms with van der Waals surface area (Å²) in [6.45, 7) is -0.246. The Morgan fingerprint density at radius 1 is 1.39 bits per heavy atom. The van der Waals surface area contributed by atoms with Crippen LogP contribution in [0.2, 0.25) is 0 Å². The molecule has 0 saturated carbocycles. The summed E-state index contributed by atoms with van der Waals surface area (Å²) in [4.78, 5) is 16.4. The van der Waals surface area contributed by atoms with Gasteiger partial charge >= 0.3 is 0 Å². The number of nitrogen functional groups attached to an aromatic ring is 1. The van der Waals surface area contributed by atoms with E-state index in [0.717, 1.165) is 4.31 Å². The highest BCUT2D eigenvalue weighted by Gasteiger charge is 2.25. The molecule has 0 fully saturated rings. The molecule has 0 aliphatic heterocycles. The number of hydrogen-bond donors (Lipinski definition) is 1. The molecule has 0 aliphatic carbocycles. The molecule has 1 heterocycles. The van der Waals surface area contributed by atoms with Crippen molar-refractivity contribution in [2.24, 2.45) is 0 Å². The summed E-state index contributed by atoms with van der Waals surface area (Å²) in [5.41, 5.74) is 5.52. The Kier molecular flexibility index (Phi) is 4.25. The topological polar surface area (TPSA) is 96.6 Å². The fraction of sp³-hybridized carbons (Fsp3) is 0.400. The SMILES string of the molecule is CN(C)C(=O)CN(C)S(=O)(=O)c1cccnc1N. The number of aromatic nitrogens is 1. The van der Waals surface area contributed by atoms with E-state index in [0.29, 0.717) is 0 Å². The van der Waals surface area contributed by atoms with Crippen LogP contribution in [0.25, 0.3) is 0 Å². The molecule has 0 unspecified atom stereocenters. The van der Waals surface area contributed by atoms with Crippen molar-refractivity contribution in [3.8, 4) is 0 Å². The third-order valence-electron chi connectivity index (χ3n) is 2.34. The second-order valence-electron chi connectivity index (χ2n) is 3.94. The molecule has 7 nitrogen and oxygen atoms in total. The highest BCUT2D eigenvalue weighted by atomic mass is 32.2. The number of carbonyl (C=O) groups excluding carboxylic acids is 1. The summed E-state index contributed by atoms with van der Waals surface area (Å²) in [6.07, 6.45) is 1.40. The molecule has 1 rings (SSSR count). The Balaban J connectivity index is 3.01. The predicted octanol–water partition coefficient (Wildman–Crippen LogP) is -0.627. The van der Waals surface area contributed by atoms with E-state index in [9.17, 15) is 13.2 Å². The molecule has 0 aromatic carbocycles. The first-order chi connectivity index (χ1) is 8.26. The Labute approximate surface area is 106 Å². The zero-order chi connectivity index (χ0) is 13.9. The van der Waals surface area contributed by atoms with Crippen molar-refractivity contribution >= 4 is 21.7 Å². The van der Waals surface area contributed by atoms with Crippen molar-refractivity contribution < 1.29 is 13.2 Å². The molecule has 0 bridgehead atoms. The van der Waals surface area contributed by atoms with Gasteiger partial charge in [0.15, 0.2) is 0 Å². The number of hydrogen-bond acceptors (Lipinski definition) is 5. The number of anilines is 1. The van der Waals surface area contributed by atoms with Crippen LogP contribution in [0, 0.1) is 0 Å². The number of carbonyl (C=O) groups is 1. The number of rotatable bonds is 4. The molecule has 0 atom stereocenters. The maximum atomic E-state index is 12.1. The van der Waals surface area contributed by atoms with Crippen LogP contribution < -0.4 is 5.73 Å². The first kappa shape index (κ1) is 14.4. The molecule has 0 aliphatic rings. The lowest BCUT2D eigenvalue weighted by molar-refractivity contribution is -0.128. The molecular weight excluding hydrogens is 256 g/mol. The van der Waals surface area contributed by atoms with Gasteiger partial charge in [-0.15, -0.1) is 0 Å². The number of likely N-dealkylation sites (N-methyl/N-ethyl adjacent to an activating group) is 2. The minimum Gasteiger partial charge on any atom is -0.383 e. The zero-order valence-electron chi connectivity index (χ0n) is 10.5. The molecule has 18 heavy (non-hydrogen) atoms. The molecule has 100 valence electrons. The Hall–Kier alpha value is -1.67. The molecule has 2 N–H and O–H groups in total. The largest absolute Gasteiger partial charge is 0.383 e. The quantitative estimate of drug-likeness (QED) is 0.787. The highest BCUT2D eigenvalue weighted by molar-refractivity contribution is 7.89. The molecule has 0 saturated heterocycles. The molecule has 1 aromatic heterocycles. The predicted molar refractivity (Wildman–Crippen MR) is 67.2 cm³/mol. The zero-order valence-corrected chi connectivity index (χ0v) is 11.3. The van der Waals surface area contributed by atoms with Crippen molar-refractivity contribution in [1.29, 1.82) is 0 Å². The first-order valence-electron chi connectivity index (χ1n) is 5.14. The molecule has 1 amide bonds. The van der Waals surface area contributed by atoms with E-state index < -0.39 is 10.0 Å². The highest BCUT2D eigenvalue weighted by Crippen LogP contribution is 2.18. The summed E-state index contributed by atoms with van der Waals surface area (Å²) in [5.74, 6) is -0.398. The second kappa shape index (κ2) is 5.32. The fourth-order valence-corrected chi connectivity index (χ4v) is 2.39. The van der Waals surface area contributed by atoms with Gasteiger partial charge in [0.1, 0.15) is 10.7 Å². The van der Waals surface area contributed by atoms with E-state index >= 15 is 0 Å². The second-order valence-corrected chi connectivity index (χ2v) is 5.95. The van der Waals surface area contributed by atoms with Gasteiger partial charge in [-0.3, -0.25) is 4.79 Å². The maximum absolute atomic E-state index is 12.1. The van der Waals surface area contributed by atoms with Gasteiger partial charge in [-0.1, -0.05) is 0 Å². The third kappa shape index (κ3) is 2.96. The van der Waals surface area contributed by atoms with Gasteiger partial charge in [0.2, 0.25) is 15.9 Å². The van der Waals surface area contributed by atoms with E-state index in [1.165, 1.54) is 30.3 Å². The van der Waals surface area contributed by atoms with E-state index in [-0.39, 0.29) is 23.2 Å². The molecule has 0 spiro atoms. The van der Waals surface area contributed by atoms with E-state index in [4.69, 9.17) is 5.73 Å². The molecule has 1 aromatic rings. The van der Waals surface area contributed by atoms with Crippen molar-refractivity contribution in [2.75, 3.05) is 33.4 Å². The number of pyridine rings is 1. The molecule has 8 heteroatoms. The van der Waals surface area contributed by atoms with E-state index in [1.807, 2.05) is 0 Å². The summed E-state index contributed by atoms with van der Waals surface area (Å²) in [7, 11) is 0.636. The standard InChI is InChI=1S/C10H16N4O3S/c1-13(2)9(15)7-14(3)18(16,17)8-5-4-6-12-10(8)11/h4-6H,7H2,1-3H3,(H2,11,12). The van der Waals surface area contributed by atoms with Gasteiger partial charge in [0.05, 0.1) is 6.54 Å². The van der Waals surface area contributed by atoms with Crippen molar-refractivity contribution in [2.45, 2.75) is 4.90 Å².